The SMILES string of the molecule is CCCC(Nc1ncc(S(N)(=O)=O)s1)C(=O)O. The number of thiazole rings is 1. The number of nitrogens with two attached hydrogens (primary N) is 1. The van der Waals surface area contributed by atoms with Gasteiger partial charge in [0.05, 0.1) is 6.20 Å². The van der Waals surface area contributed by atoms with Gasteiger partial charge in [-0.25, -0.2) is 23.3 Å². The lowest BCUT2D eigenvalue weighted by atomic mass is 10.2. The van der Waals surface area contributed by atoms with Crippen LogP contribution in [0.1, 0.15) is 19.8 Å². The van der Waals surface area contributed by atoms with Crippen molar-refractivity contribution in [2.75, 3.05) is 5.32 Å². The second-order valence-electron chi connectivity index (χ2n) is 3.35. The minimum Gasteiger partial charge on any atom is -0.480 e. The van der Waals surface area contributed by atoms with E-state index in [1.54, 1.807) is 0 Å². The number of anilines is 1. The molecule has 0 radical (unpaired) electrons. The Morgan fingerprint density at radius 1 is 1.71 bits per heavy atom. The van der Waals surface area contributed by atoms with E-state index in [2.05, 4.69) is 10.3 Å². The van der Waals surface area contributed by atoms with Crippen molar-refractivity contribution in [1.82, 2.24) is 4.98 Å². The summed E-state index contributed by atoms with van der Waals surface area (Å²) in [5, 5.41) is 16.7. The van der Waals surface area contributed by atoms with Crippen LogP contribution in [0.5, 0.6) is 0 Å². The van der Waals surface area contributed by atoms with Crippen molar-refractivity contribution in [3.63, 3.8) is 0 Å². The molecular formula is C8H13N3O4S2. The number of aromatic nitrogens is 1. The van der Waals surface area contributed by atoms with Crippen LogP contribution in [-0.4, -0.2) is 30.5 Å². The van der Waals surface area contributed by atoms with Crippen LogP contribution >= 0.6 is 11.3 Å². The number of hydrogen-bond donors (Lipinski definition) is 3. The second-order valence-corrected chi connectivity index (χ2v) is 6.17. The first-order chi connectivity index (χ1) is 7.84. The maximum Gasteiger partial charge on any atom is 0.326 e. The molecule has 0 aliphatic rings. The summed E-state index contributed by atoms with van der Waals surface area (Å²) in [4.78, 5) is 14.6. The van der Waals surface area contributed by atoms with Gasteiger partial charge >= 0.3 is 5.97 Å². The molecule has 17 heavy (non-hydrogen) atoms. The summed E-state index contributed by atoms with van der Waals surface area (Å²) in [6.07, 6.45) is 2.23. The van der Waals surface area contributed by atoms with Gasteiger partial charge in [-0.1, -0.05) is 24.7 Å². The number of hydrogen-bond acceptors (Lipinski definition) is 6. The highest BCUT2D eigenvalue weighted by molar-refractivity contribution is 7.91. The molecule has 1 unspecified atom stereocenters. The minimum absolute atomic E-state index is 0.0966. The number of carboxylic acid groups (broad SMARTS) is 1. The van der Waals surface area contributed by atoms with Crippen LogP contribution in [0.15, 0.2) is 10.4 Å². The van der Waals surface area contributed by atoms with Gasteiger partial charge in [0.2, 0.25) is 10.0 Å². The highest BCUT2D eigenvalue weighted by Crippen LogP contribution is 2.22. The zero-order valence-corrected chi connectivity index (χ0v) is 10.7. The van der Waals surface area contributed by atoms with Crippen molar-refractivity contribution in [2.45, 2.75) is 30.0 Å². The van der Waals surface area contributed by atoms with Gasteiger partial charge in [0.15, 0.2) is 9.34 Å². The molecule has 7 nitrogen and oxygen atoms in total. The molecule has 1 heterocycles. The zero-order valence-electron chi connectivity index (χ0n) is 9.08. The average molecular weight is 279 g/mol. The first-order valence-corrected chi connectivity index (χ1v) is 7.19. The van der Waals surface area contributed by atoms with Crippen LogP contribution in [0.2, 0.25) is 0 Å². The van der Waals surface area contributed by atoms with E-state index in [1.807, 2.05) is 6.92 Å². The van der Waals surface area contributed by atoms with Gasteiger partial charge in [-0.05, 0) is 6.42 Å². The van der Waals surface area contributed by atoms with Gasteiger partial charge in [0.25, 0.3) is 0 Å². The Labute approximate surface area is 103 Å². The third-order valence-electron chi connectivity index (χ3n) is 1.94. The Hall–Kier alpha value is -1.19. The van der Waals surface area contributed by atoms with Gasteiger partial charge in [-0.2, -0.15) is 0 Å². The molecule has 0 saturated heterocycles. The topological polar surface area (TPSA) is 122 Å². The molecule has 0 fully saturated rings. The van der Waals surface area contributed by atoms with Crippen molar-refractivity contribution in [3.05, 3.63) is 6.20 Å². The summed E-state index contributed by atoms with van der Waals surface area (Å²) in [5.74, 6) is -1.00. The summed E-state index contributed by atoms with van der Waals surface area (Å²) in [6, 6.07) is -0.778. The summed E-state index contributed by atoms with van der Waals surface area (Å²) >= 11 is 0.813. The highest BCUT2D eigenvalue weighted by atomic mass is 32.2. The van der Waals surface area contributed by atoms with E-state index in [1.165, 1.54) is 0 Å². The fourth-order valence-corrected chi connectivity index (χ4v) is 2.66. The first kappa shape index (κ1) is 13.9. The van der Waals surface area contributed by atoms with E-state index in [9.17, 15) is 13.2 Å². The van der Waals surface area contributed by atoms with Gasteiger partial charge < -0.3 is 10.4 Å². The minimum atomic E-state index is -3.78. The monoisotopic (exact) mass is 279 g/mol. The molecule has 1 rings (SSSR count). The van der Waals surface area contributed by atoms with Gasteiger partial charge in [0.1, 0.15) is 6.04 Å². The molecule has 9 heteroatoms. The molecular weight excluding hydrogens is 266 g/mol. The second kappa shape index (κ2) is 5.43. The molecule has 0 aliphatic carbocycles. The summed E-state index contributed by atoms with van der Waals surface area (Å²) in [7, 11) is -3.78. The smallest absolute Gasteiger partial charge is 0.326 e. The van der Waals surface area contributed by atoms with Gasteiger partial charge in [0, 0.05) is 0 Å². The van der Waals surface area contributed by atoms with Crippen molar-refractivity contribution < 1.29 is 18.3 Å². The number of rotatable bonds is 6. The quantitative estimate of drug-likeness (QED) is 0.695. The van der Waals surface area contributed by atoms with Crippen LogP contribution in [0.25, 0.3) is 0 Å². The van der Waals surface area contributed by atoms with Crippen LogP contribution in [-0.2, 0) is 14.8 Å². The molecule has 0 amide bonds. The Balaban J connectivity index is 2.81. The Bertz CT molecular complexity index is 497. The largest absolute Gasteiger partial charge is 0.480 e. The van der Waals surface area contributed by atoms with Crippen LogP contribution in [0.4, 0.5) is 5.13 Å². The summed E-state index contributed by atoms with van der Waals surface area (Å²) < 4.78 is 21.9. The van der Waals surface area contributed by atoms with Crippen molar-refractivity contribution >= 4 is 32.5 Å². The van der Waals surface area contributed by atoms with E-state index in [-0.39, 0.29) is 9.34 Å². The van der Waals surface area contributed by atoms with E-state index in [0.717, 1.165) is 17.5 Å². The van der Waals surface area contributed by atoms with Gasteiger partial charge in [-0.15, -0.1) is 0 Å². The van der Waals surface area contributed by atoms with Crippen LogP contribution in [0.3, 0.4) is 0 Å². The lowest BCUT2D eigenvalue weighted by molar-refractivity contribution is -0.138. The van der Waals surface area contributed by atoms with E-state index in [4.69, 9.17) is 10.2 Å². The lowest BCUT2D eigenvalue weighted by Crippen LogP contribution is -2.28. The normalized spacial score (nSPS) is 13.3. The zero-order chi connectivity index (χ0) is 13.1. The number of sulfonamides is 1. The average Bonchev–Trinajstić information content (AvgIpc) is 2.64. The fraction of sp³-hybridized carbons (Fsp3) is 0.500. The first-order valence-electron chi connectivity index (χ1n) is 4.82. The van der Waals surface area contributed by atoms with E-state index in [0.29, 0.717) is 12.8 Å². The van der Waals surface area contributed by atoms with E-state index < -0.39 is 22.0 Å². The van der Waals surface area contributed by atoms with Crippen molar-refractivity contribution in [1.29, 1.82) is 0 Å². The standard InChI is InChI=1S/C8H13N3O4S2/c1-2-3-5(7(12)13)11-8-10-4-6(16-8)17(9,14)15/h4-5H,2-3H2,1H3,(H,10,11)(H,12,13)(H2,9,14,15). The third-order valence-corrected chi connectivity index (χ3v) is 4.27. The summed E-state index contributed by atoms with van der Waals surface area (Å²) in [5.41, 5.74) is 0. The Kier molecular flexibility index (Phi) is 4.43. The van der Waals surface area contributed by atoms with Crippen LogP contribution in [0, 0.1) is 0 Å². The van der Waals surface area contributed by atoms with Crippen molar-refractivity contribution in [3.8, 4) is 0 Å². The number of primary sulfonamides is 1. The maximum absolute atomic E-state index is 11.0. The molecule has 0 aromatic carbocycles. The summed E-state index contributed by atoms with van der Waals surface area (Å²) in [6.45, 7) is 1.86. The predicted molar refractivity (Wildman–Crippen MR) is 63.4 cm³/mol. The Morgan fingerprint density at radius 2 is 2.35 bits per heavy atom. The van der Waals surface area contributed by atoms with Gasteiger partial charge in [-0.3, -0.25) is 0 Å². The lowest BCUT2D eigenvalue weighted by Gasteiger charge is -2.11. The number of aliphatic carboxylic acids is 1. The molecule has 1 aromatic rings. The maximum atomic E-state index is 11.0. The molecule has 0 aliphatic heterocycles. The van der Waals surface area contributed by atoms with Crippen LogP contribution < -0.4 is 10.5 Å². The van der Waals surface area contributed by atoms with Crippen molar-refractivity contribution in [2.24, 2.45) is 5.14 Å². The molecule has 0 bridgehead atoms. The fourth-order valence-electron chi connectivity index (χ4n) is 1.15. The number of nitrogens with zero attached hydrogens (tertiary/aromatic N) is 1. The number of carbonyl (C=O) groups is 1. The molecule has 96 valence electrons. The number of carboxylic acids is 1. The van der Waals surface area contributed by atoms with E-state index >= 15 is 0 Å². The molecule has 0 saturated carbocycles. The third kappa shape index (κ3) is 3.95. The molecule has 0 spiro atoms. The molecule has 4 N–H and O–H groups in total. The molecule has 1 aromatic heterocycles. The Morgan fingerprint density at radius 3 is 2.76 bits per heavy atom. The highest BCUT2D eigenvalue weighted by Gasteiger charge is 2.19. The molecule has 1 atom stereocenters. The predicted octanol–water partition coefficient (Wildman–Crippen LogP) is 0.456. The number of nitrogens with one attached hydrogen (secondary N) is 1.